The molecule has 0 N–H and O–H groups in total. The summed E-state index contributed by atoms with van der Waals surface area (Å²) < 4.78 is 25.5. The molecule has 0 atom stereocenters. The maximum absolute atomic E-state index is 13.9. The Kier molecular flexibility index (Phi) is 10.3. The monoisotopic (exact) mass is 784 g/mol. The van der Waals surface area contributed by atoms with Crippen LogP contribution < -0.4 is 18.9 Å². The molecular formula is C42H28N2O6S4. The summed E-state index contributed by atoms with van der Waals surface area (Å²) in [5.41, 5.74) is 3.72. The third kappa shape index (κ3) is 7.16. The minimum Gasteiger partial charge on any atom is -0.493 e. The SMILES string of the molecule is COc1cccc(-c2nc3ccccc3s2)c1OC(=O)c1ccccc1SSc1ccccc1C(=O)Oc1c(OC)cccc1-c1nc2ccccc2s1. The number of fused-ring (bicyclic) bond motifs is 2. The first-order valence-electron chi connectivity index (χ1n) is 16.5. The molecule has 0 fully saturated rings. The number of hydrogen-bond donors (Lipinski definition) is 0. The van der Waals surface area contributed by atoms with Crippen molar-refractivity contribution >= 4 is 76.6 Å². The molecule has 0 amide bonds. The van der Waals surface area contributed by atoms with Gasteiger partial charge in [0.15, 0.2) is 23.0 Å². The maximum atomic E-state index is 13.9. The van der Waals surface area contributed by atoms with Gasteiger partial charge in [-0.2, -0.15) is 0 Å². The Morgan fingerprint density at radius 1 is 0.500 bits per heavy atom. The number of aromatic nitrogens is 2. The van der Waals surface area contributed by atoms with E-state index in [0.717, 1.165) is 20.4 Å². The van der Waals surface area contributed by atoms with Gasteiger partial charge in [-0.25, -0.2) is 19.6 Å². The fourth-order valence-electron chi connectivity index (χ4n) is 5.68. The number of rotatable bonds is 11. The first kappa shape index (κ1) is 35.4. The molecule has 0 unspecified atom stereocenters. The third-order valence-corrected chi connectivity index (χ3v) is 12.9. The molecule has 2 aromatic heterocycles. The van der Waals surface area contributed by atoms with Crippen LogP contribution in [0.15, 0.2) is 143 Å². The average molecular weight is 785 g/mol. The smallest absolute Gasteiger partial charge is 0.344 e. The number of hydrogen-bond acceptors (Lipinski definition) is 12. The lowest BCUT2D eigenvalue weighted by Crippen LogP contribution is -2.11. The van der Waals surface area contributed by atoms with E-state index >= 15 is 0 Å². The number of thiazole rings is 2. The number of nitrogens with zero attached hydrogens (tertiary/aromatic N) is 2. The van der Waals surface area contributed by atoms with Gasteiger partial charge in [0.1, 0.15) is 10.0 Å². The van der Waals surface area contributed by atoms with Crippen molar-refractivity contribution in [1.82, 2.24) is 9.97 Å². The molecule has 2 heterocycles. The zero-order valence-electron chi connectivity index (χ0n) is 28.7. The molecule has 0 bridgehead atoms. The molecule has 0 aliphatic carbocycles. The van der Waals surface area contributed by atoms with Gasteiger partial charge >= 0.3 is 11.9 Å². The second-order valence-electron chi connectivity index (χ2n) is 11.6. The van der Waals surface area contributed by atoms with Crippen LogP contribution in [0.3, 0.4) is 0 Å². The number of carbonyl (C=O) groups is 2. The Labute approximate surface area is 326 Å². The van der Waals surface area contributed by atoms with Crippen LogP contribution in [0.4, 0.5) is 0 Å². The van der Waals surface area contributed by atoms with E-state index in [4.69, 9.17) is 28.9 Å². The van der Waals surface area contributed by atoms with Gasteiger partial charge in [-0.1, -0.05) is 82.3 Å². The van der Waals surface area contributed by atoms with Crippen LogP contribution in [0.1, 0.15) is 20.7 Å². The fraction of sp³-hybridized carbons (Fsp3) is 0.0476. The third-order valence-electron chi connectivity index (χ3n) is 8.27. The standard InChI is InChI=1S/C42H28N2O6S4/c1-47-31-19-11-15-27(39-43-29-17-5-9-23-35(29)51-39)37(31)49-41(45)25-13-3-7-21-33(25)53-54-34-22-8-4-14-26(34)42(46)50-38-28(16-12-20-32(38)48-2)40-44-30-18-6-10-24-36(30)52-40/h3-24H,1-2H3. The van der Waals surface area contributed by atoms with Crippen molar-refractivity contribution in [2.45, 2.75) is 9.79 Å². The molecule has 266 valence electrons. The van der Waals surface area contributed by atoms with Gasteiger partial charge in [-0.15, -0.1) is 22.7 Å². The van der Waals surface area contributed by atoms with Gasteiger partial charge < -0.3 is 18.9 Å². The molecule has 0 aliphatic rings. The molecule has 8 aromatic rings. The van der Waals surface area contributed by atoms with Crippen molar-refractivity contribution in [3.8, 4) is 44.1 Å². The molecule has 8 nitrogen and oxygen atoms in total. The molecule has 8 rings (SSSR count). The highest BCUT2D eigenvalue weighted by Crippen LogP contribution is 2.45. The molecule has 0 saturated carbocycles. The summed E-state index contributed by atoms with van der Waals surface area (Å²) >= 11 is 3.02. The highest BCUT2D eigenvalue weighted by Gasteiger charge is 2.24. The first-order valence-corrected chi connectivity index (χ1v) is 20.3. The molecule has 0 spiro atoms. The van der Waals surface area contributed by atoms with Gasteiger partial charge in [0.2, 0.25) is 0 Å². The van der Waals surface area contributed by atoms with Crippen molar-refractivity contribution in [2.24, 2.45) is 0 Å². The van der Waals surface area contributed by atoms with E-state index in [2.05, 4.69) is 0 Å². The predicted molar refractivity (Wildman–Crippen MR) is 218 cm³/mol. The van der Waals surface area contributed by atoms with Crippen LogP contribution in [-0.4, -0.2) is 36.1 Å². The van der Waals surface area contributed by atoms with Gasteiger partial charge in [0.25, 0.3) is 0 Å². The Balaban J connectivity index is 1.04. The van der Waals surface area contributed by atoms with E-state index in [1.165, 1.54) is 58.5 Å². The van der Waals surface area contributed by atoms with Gasteiger partial charge in [-0.3, -0.25) is 0 Å². The number of para-hydroxylation sites is 4. The maximum Gasteiger partial charge on any atom is 0.344 e. The number of esters is 2. The van der Waals surface area contributed by atoms with Crippen molar-refractivity contribution in [3.05, 3.63) is 145 Å². The molecule has 6 aromatic carbocycles. The van der Waals surface area contributed by atoms with E-state index in [1.54, 1.807) is 36.4 Å². The van der Waals surface area contributed by atoms with Gasteiger partial charge in [-0.05, 0) is 72.8 Å². The van der Waals surface area contributed by atoms with E-state index in [0.29, 0.717) is 53.6 Å². The lowest BCUT2D eigenvalue weighted by atomic mass is 10.2. The minimum atomic E-state index is -0.559. The van der Waals surface area contributed by atoms with Gasteiger partial charge in [0.05, 0.1) is 56.9 Å². The Bertz CT molecular complexity index is 2420. The number of benzene rings is 6. The summed E-state index contributed by atoms with van der Waals surface area (Å²) in [6.45, 7) is 0. The second kappa shape index (κ2) is 15.7. The zero-order chi connectivity index (χ0) is 37.0. The highest BCUT2D eigenvalue weighted by atomic mass is 33.1. The number of methoxy groups -OCH3 is 2. The number of carbonyl (C=O) groups excluding carboxylic acids is 2. The molecule has 0 saturated heterocycles. The van der Waals surface area contributed by atoms with E-state index < -0.39 is 11.9 Å². The fourth-order valence-corrected chi connectivity index (χ4v) is 9.99. The van der Waals surface area contributed by atoms with E-state index in [1.807, 2.05) is 97.1 Å². The second-order valence-corrected chi connectivity index (χ2v) is 15.9. The van der Waals surface area contributed by atoms with E-state index in [-0.39, 0.29) is 11.5 Å². The van der Waals surface area contributed by atoms with Crippen LogP contribution in [0, 0.1) is 0 Å². The highest BCUT2D eigenvalue weighted by molar-refractivity contribution is 8.76. The average Bonchev–Trinajstić information content (AvgIpc) is 3.85. The molecular weight excluding hydrogens is 757 g/mol. The quantitative estimate of drug-likeness (QED) is 0.0716. The zero-order valence-corrected chi connectivity index (χ0v) is 31.9. The van der Waals surface area contributed by atoms with Crippen LogP contribution in [0.5, 0.6) is 23.0 Å². The normalized spacial score (nSPS) is 11.1. The Hall–Kier alpha value is -5.66. The summed E-state index contributed by atoms with van der Waals surface area (Å²) in [7, 11) is 5.74. The Morgan fingerprint density at radius 2 is 0.907 bits per heavy atom. The van der Waals surface area contributed by atoms with Gasteiger partial charge in [0, 0.05) is 9.79 Å². The summed E-state index contributed by atoms with van der Waals surface area (Å²) in [6, 6.07) is 41.0. The van der Waals surface area contributed by atoms with Crippen molar-refractivity contribution in [1.29, 1.82) is 0 Å². The first-order chi connectivity index (χ1) is 26.5. The van der Waals surface area contributed by atoms with E-state index in [9.17, 15) is 9.59 Å². The lowest BCUT2D eigenvalue weighted by Gasteiger charge is -2.15. The minimum absolute atomic E-state index is 0.283. The van der Waals surface area contributed by atoms with Crippen molar-refractivity contribution in [2.75, 3.05) is 14.2 Å². The van der Waals surface area contributed by atoms with Crippen LogP contribution >= 0.6 is 44.3 Å². The van der Waals surface area contributed by atoms with Crippen LogP contribution in [-0.2, 0) is 0 Å². The lowest BCUT2D eigenvalue weighted by molar-refractivity contribution is 0.0718. The summed E-state index contributed by atoms with van der Waals surface area (Å²) in [6.07, 6.45) is 0. The molecule has 54 heavy (non-hydrogen) atoms. The number of ether oxygens (including phenoxy) is 4. The molecule has 0 aliphatic heterocycles. The summed E-state index contributed by atoms with van der Waals surface area (Å²) in [5, 5.41) is 1.42. The largest absolute Gasteiger partial charge is 0.493 e. The van der Waals surface area contributed by atoms with Crippen LogP contribution in [0.25, 0.3) is 41.6 Å². The van der Waals surface area contributed by atoms with Crippen molar-refractivity contribution in [3.63, 3.8) is 0 Å². The summed E-state index contributed by atoms with van der Waals surface area (Å²) in [4.78, 5) is 38.7. The topological polar surface area (TPSA) is 96.8 Å². The Morgan fingerprint density at radius 3 is 1.33 bits per heavy atom. The van der Waals surface area contributed by atoms with Crippen molar-refractivity contribution < 1.29 is 28.5 Å². The summed E-state index contributed by atoms with van der Waals surface area (Å²) in [5.74, 6) is 0.271. The molecule has 0 radical (unpaired) electrons. The molecule has 12 heteroatoms. The van der Waals surface area contributed by atoms with Crippen LogP contribution in [0.2, 0.25) is 0 Å². The predicted octanol–water partition coefficient (Wildman–Crippen LogP) is 11.5.